The highest BCUT2D eigenvalue weighted by molar-refractivity contribution is 5.98. The third kappa shape index (κ3) is 2.12. The van der Waals surface area contributed by atoms with Gasteiger partial charge in [0.1, 0.15) is 11.9 Å². The van der Waals surface area contributed by atoms with E-state index in [1.807, 2.05) is 16.8 Å². The third-order valence-electron chi connectivity index (χ3n) is 3.66. The van der Waals surface area contributed by atoms with E-state index >= 15 is 0 Å². The number of halogens is 1. The fourth-order valence-electron chi connectivity index (χ4n) is 2.66. The van der Waals surface area contributed by atoms with Crippen molar-refractivity contribution in [2.45, 2.75) is 25.8 Å². The van der Waals surface area contributed by atoms with Crippen LogP contribution in [-0.2, 0) is 13.0 Å². The Morgan fingerprint density at radius 2 is 2.15 bits per heavy atom. The molecule has 0 spiro atoms. The van der Waals surface area contributed by atoms with Crippen LogP contribution in [0.4, 0.5) is 4.39 Å². The number of aromatic nitrogens is 1. The van der Waals surface area contributed by atoms with Gasteiger partial charge in [0.05, 0.1) is 5.56 Å². The van der Waals surface area contributed by atoms with Crippen molar-refractivity contribution < 1.29 is 9.18 Å². The highest BCUT2D eigenvalue weighted by Gasteiger charge is 2.19. The lowest BCUT2D eigenvalue weighted by Gasteiger charge is -2.07. The summed E-state index contributed by atoms with van der Waals surface area (Å²) >= 11 is 0. The molecule has 0 saturated heterocycles. The summed E-state index contributed by atoms with van der Waals surface area (Å²) in [5.74, 6) is -0.316. The van der Waals surface area contributed by atoms with E-state index in [-0.39, 0.29) is 11.3 Å². The van der Waals surface area contributed by atoms with Crippen molar-refractivity contribution >= 4 is 5.78 Å². The third-order valence-corrected chi connectivity index (χ3v) is 3.66. The first kappa shape index (κ1) is 12.6. The molecule has 0 saturated carbocycles. The minimum absolute atomic E-state index is 0.0514. The van der Waals surface area contributed by atoms with Crippen LogP contribution in [0, 0.1) is 17.1 Å². The maximum absolute atomic E-state index is 14.0. The van der Waals surface area contributed by atoms with Gasteiger partial charge in [-0.05, 0) is 24.5 Å². The number of benzene rings is 1. The van der Waals surface area contributed by atoms with Gasteiger partial charge in [0.2, 0.25) is 0 Å². The number of hydrogen-bond donors (Lipinski definition) is 0. The molecule has 0 amide bonds. The van der Waals surface area contributed by atoms with Crippen molar-refractivity contribution in [3.8, 4) is 6.07 Å². The lowest BCUT2D eigenvalue weighted by Crippen LogP contribution is -2.07. The number of fused-ring (bicyclic) bond motifs is 1. The van der Waals surface area contributed by atoms with Crippen molar-refractivity contribution in [2.75, 3.05) is 0 Å². The van der Waals surface area contributed by atoms with Crippen molar-refractivity contribution in [1.29, 1.82) is 5.26 Å². The van der Waals surface area contributed by atoms with Crippen LogP contribution in [-0.4, -0.2) is 10.4 Å². The lowest BCUT2D eigenvalue weighted by molar-refractivity contribution is 0.0973. The second-order valence-corrected chi connectivity index (χ2v) is 5.04. The van der Waals surface area contributed by atoms with Gasteiger partial charge >= 0.3 is 0 Å². The van der Waals surface area contributed by atoms with Gasteiger partial charge in [0.25, 0.3) is 0 Å². The maximum Gasteiger partial charge on any atom is 0.164 e. The van der Waals surface area contributed by atoms with Crippen LogP contribution in [0.5, 0.6) is 0 Å². The second-order valence-electron chi connectivity index (χ2n) is 5.04. The summed E-state index contributed by atoms with van der Waals surface area (Å²) in [7, 11) is 0. The number of nitrogens with zero attached hydrogens (tertiary/aromatic N) is 2. The highest BCUT2D eigenvalue weighted by Crippen LogP contribution is 2.23. The van der Waals surface area contributed by atoms with E-state index in [4.69, 9.17) is 5.26 Å². The van der Waals surface area contributed by atoms with Gasteiger partial charge in [-0.3, -0.25) is 4.79 Å². The van der Waals surface area contributed by atoms with E-state index in [2.05, 4.69) is 0 Å². The molecular formula is C16H13FN2O. The van der Waals surface area contributed by atoms with Gasteiger partial charge in [-0.25, -0.2) is 4.39 Å². The molecule has 1 aliphatic rings. The predicted octanol–water partition coefficient (Wildman–Crippen LogP) is 3.07. The van der Waals surface area contributed by atoms with Crippen LogP contribution >= 0.6 is 0 Å². The summed E-state index contributed by atoms with van der Waals surface area (Å²) in [5, 5.41) is 8.83. The normalized spacial score (nSPS) is 13.9. The van der Waals surface area contributed by atoms with Crippen molar-refractivity contribution in [1.82, 2.24) is 4.57 Å². The van der Waals surface area contributed by atoms with Crippen LogP contribution < -0.4 is 0 Å². The molecule has 0 atom stereocenters. The summed E-state index contributed by atoms with van der Waals surface area (Å²) in [6.07, 6.45) is 6.07. The summed E-state index contributed by atoms with van der Waals surface area (Å²) in [5.41, 5.74) is 2.31. The molecule has 0 N–H and O–H groups in total. The number of rotatable bonds is 2. The van der Waals surface area contributed by atoms with Crippen LogP contribution in [0.3, 0.4) is 0 Å². The average Bonchev–Trinajstić information content (AvgIpc) is 2.85. The van der Waals surface area contributed by atoms with Crippen molar-refractivity contribution in [2.24, 2.45) is 0 Å². The Labute approximate surface area is 116 Å². The number of hydrogen-bond acceptors (Lipinski definition) is 2. The van der Waals surface area contributed by atoms with Crippen LogP contribution in [0.1, 0.15) is 39.9 Å². The van der Waals surface area contributed by atoms with Gasteiger partial charge in [0.15, 0.2) is 5.78 Å². The van der Waals surface area contributed by atoms with Gasteiger partial charge in [-0.1, -0.05) is 12.1 Å². The standard InChI is InChI=1S/C16H13FN2O/c17-16-11(7-18)3-1-5-13(16)9-19-8-12-4-2-6-15(20)14(12)10-19/h1,3,5,8,10H,2,4,6,9H2. The molecule has 20 heavy (non-hydrogen) atoms. The highest BCUT2D eigenvalue weighted by atomic mass is 19.1. The van der Waals surface area contributed by atoms with Gasteiger partial charge in [-0.2, -0.15) is 5.26 Å². The molecule has 0 bridgehead atoms. The van der Waals surface area contributed by atoms with Gasteiger partial charge in [-0.15, -0.1) is 0 Å². The van der Waals surface area contributed by atoms with Crippen LogP contribution in [0.15, 0.2) is 30.6 Å². The van der Waals surface area contributed by atoms with E-state index in [0.29, 0.717) is 18.5 Å². The molecule has 1 heterocycles. The molecular weight excluding hydrogens is 255 g/mol. The quantitative estimate of drug-likeness (QED) is 0.840. The maximum atomic E-state index is 14.0. The Morgan fingerprint density at radius 3 is 2.90 bits per heavy atom. The zero-order valence-electron chi connectivity index (χ0n) is 10.9. The fraction of sp³-hybridized carbons (Fsp3) is 0.250. The largest absolute Gasteiger partial charge is 0.349 e. The number of carbonyl (C=O) groups is 1. The number of Topliss-reactive ketones (excluding diaryl/α,β-unsaturated/α-hetero) is 1. The zero-order chi connectivity index (χ0) is 14.1. The molecule has 1 aliphatic carbocycles. The molecule has 1 aromatic heterocycles. The molecule has 3 nitrogen and oxygen atoms in total. The Bertz CT molecular complexity index is 725. The number of nitriles is 1. The summed E-state index contributed by atoms with van der Waals surface area (Å²) in [6.45, 7) is 0.335. The fourth-order valence-corrected chi connectivity index (χ4v) is 2.66. The van der Waals surface area contributed by atoms with Gasteiger partial charge in [0, 0.05) is 36.5 Å². The van der Waals surface area contributed by atoms with E-state index in [1.54, 1.807) is 18.3 Å². The summed E-state index contributed by atoms with van der Waals surface area (Å²) in [4.78, 5) is 11.8. The smallest absolute Gasteiger partial charge is 0.164 e. The first-order valence-electron chi connectivity index (χ1n) is 6.58. The lowest BCUT2D eigenvalue weighted by atomic mass is 9.95. The van der Waals surface area contributed by atoms with Crippen LogP contribution in [0.2, 0.25) is 0 Å². The monoisotopic (exact) mass is 268 g/mol. The molecule has 2 aromatic rings. The Morgan fingerprint density at radius 1 is 1.30 bits per heavy atom. The molecule has 0 unspecified atom stereocenters. The summed E-state index contributed by atoms with van der Waals surface area (Å²) in [6, 6.07) is 6.64. The zero-order valence-corrected chi connectivity index (χ0v) is 10.9. The SMILES string of the molecule is N#Cc1cccc(Cn2cc3c(c2)C(=O)CCC3)c1F. The molecule has 3 rings (SSSR count). The molecule has 0 fully saturated rings. The molecule has 4 heteroatoms. The van der Waals surface area contributed by atoms with E-state index in [0.717, 1.165) is 24.0 Å². The van der Waals surface area contributed by atoms with E-state index < -0.39 is 5.82 Å². The first-order chi connectivity index (χ1) is 9.69. The number of aryl methyl sites for hydroxylation is 1. The average molecular weight is 268 g/mol. The van der Waals surface area contributed by atoms with E-state index in [9.17, 15) is 9.18 Å². The Kier molecular flexibility index (Phi) is 3.11. The number of ketones is 1. The Hall–Kier alpha value is -2.41. The van der Waals surface area contributed by atoms with Crippen molar-refractivity contribution in [3.05, 3.63) is 58.7 Å². The Balaban J connectivity index is 1.93. The predicted molar refractivity (Wildman–Crippen MR) is 71.9 cm³/mol. The summed E-state index contributed by atoms with van der Waals surface area (Å²) < 4.78 is 15.8. The second kappa shape index (κ2) is 4.93. The first-order valence-corrected chi connectivity index (χ1v) is 6.58. The molecule has 0 aliphatic heterocycles. The number of carbonyl (C=O) groups excluding carboxylic acids is 1. The van der Waals surface area contributed by atoms with Gasteiger partial charge < -0.3 is 4.57 Å². The van der Waals surface area contributed by atoms with Crippen molar-refractivity contribution in [3.63, 3.8) is 0 Å². The molecule has 1 aromatic carbocycles. The van der Waals surface area contributed by atoms with E-state index in [1.165, 1.54) is 6.07 Å². The minimum atomic E-state index is -0.479. The van der Waals surface area contributed by atoms with Crippen LogP contribution in [0.25, 0.3) is 0 Å². The molecule has 0 radical (unpaired) electrons. The molecule has 100 valence electrons. The minimum Gasteiger partial charge on any atom is -0.349 e. The topological polar surface area (TPSA) is 45.8 Å².